The molecule has 0 unspecified atom stereocenters. The zero-order valence-corrected chi connectivity index (χ0v) is 18.0. The molecule has 0 saturated carbocycles. The second-order valence-electron chi connectivity index (χ2n) is 7.14. The van der Waals surface area contributed by atoms with E-state index in [1.165, 1.54) is 11.1 Å². The zero-order valence-electron chi connectivity index (χ0n) is 17.2. The minimum atomic E-state index is -0.0432. The third-order valence-electron chi connectivity index (χ3n) is 4.47. The quantitative estimate of drug-likeness (QED) is 0.588. The molecule has 2 aromatic carbocycles. The van der Waals surface area contributed by atoms with Gasteiger partial charge >= 0.3 is 0 Å². The summed E-state index contributed by atoms with van der Waals surface area (Å²) in [5, 5.41) is 0.740. The minimum Gasteiger partial charge on any atom is -0.494 e. The Morgan fingerprint density at radius 1 is 1.11 bits per heavy atom. The highest BCUT2D eigenvalue weighted by Crippen LogP contribution is 2.32. The number of ether oxygens (including phenoxy) is 1. The molecule has 3 rings (SSSR count). The van der Waals surface area contributed by atoms with Crippen LogP contribution in [0.4, 0.5) is 5.13 Å². The van der Waals surface area contributed by atoms with Crippen molar-refractivity contribution in [2.45, 2.75) is 20.8 Å². The maximum atomic E-state index is 13.3. The van der Waals surface area contributed by atoms with Gasteiger partial charge in [0.15, 0.2) is 5.13 Å². The fourth-order valence-electron chi connectivity index (χ4n) is 3.08. The number of nitrogens with zero attached hydrogens (tertiary/aromatic N) is 3. The van der Waals surface area contributed by atoms with Crippen molar-refractivity contribution in [3.63, 3.8) is 0 Å². The highest BCUT2D eigenvalue weighted by Gasteiger charge is 2.22. The van der Waals surface area contributed by atoms with Gasteiger partial charge in [0.25, 0.3) is 5.91 Å². The molecule has 0 aliphatic carbocycles. The van der Waals surface area contributed by atoms with Crippen molar-refractivity contribution in [3.8, 4) is 5.75 Å². The molecule has 0 N–H and O–H groups in total. The van der Waals surface area contributed by atoms with Crippen molar-refractivity contribution in [2.24, 2.45) is 0 Å². The number of thiazole rings is 1. The van der Waals surface area contributed by atoms with Crippen LogP contribution in [0.15, 0.2) is 36.4 Å². The van der Waals surface area contributed by atoms with Crippen LogP contribution in [0.1, 0.15) is 28.4 Å². The first kappa shape index (κ1) is 20.3. The van der Waals surface area contributed by atoms with Gasteiger partial charge in [0.05, 0.1) is 16.8 Å². The molecule has 6 heteroatoms. The lowest BCUT2D eigenvalue weighted by Gasteiger charge is -2.22. The molecule has 28 heavy (non-hydrogen) atoms. The van der Waals surface area contributed by atoms with Gasteiger partial charge in [-0.3, -0.25) is 9.69 Å². The zero-order chi connectivity index (χ0) is 20.3. The smallest absolute Gasteiger partial charge is 0.260 e. The summed E-state index contributed by atoms with van der Waals surface area (Å²) in [7, 11) is 4.01. The molecular formula is C22H27N3O2S. The topological polar surface area (TPSA) is 45.7 Å². The summed E-state index contributed by atoms with van der Waals surface area (Å²) in [6, 6.07) is 11.5. The van der Waals surface area contributed by atoms with Gasteiger partial charge in [-0.2, -0.15) is 0 Å². The molecule has 148 valence electrons. The SMILES string of the molecule is CCOc1ccc(C(=O)N(CCN(C)C)c2nc3cc(C)cc(C)c3s2)cc1. The predicted octanol–water partition coefficient (Wildman–Crippen LogP) is 4.52. The second-order valence-corrected chi connectivity index (χ2v) is 8.12. The third kappa shape index (κ3) is 4.51. The lowest BCUT2D eigenvalue weighted by molar-refractivity contribution is 0.0985. The summed E-state index contributed by atoms with van der Waals surface area (Å²) in [6.07, 6.45) is 0. The number of amides is 1. The Balaban J connectivity index is 1.96. The standard InChI is InChI=1S/C22H27N3O2S/c1-6-27-18-9-7-17(8-10-18)21(26)25(12-11-24(4)5)22-23-19-14-15(2)13-16(3)20(19)28-22/h7-10,13-14H,6,11-12H2,1-5H3. The molecule has 0 aliphatic heterocycles. The van der Waals surface area contributed by atoms with Gasteiger partial charge in [-0.1, -0.05) is 17.4 Å². The molecule has 0 aliphatic rings. The summed E-state index contributed by atoms with van der Waals surface area (Å²) in [5.74, 6) is 0.725. The molecule has 0 bridgehead atoms. The Kier molecular flexibility index (Phi) is 6.31. The van der Waals surface area contributed by atoms with Crippen LogP contribution in [0.2, 0.25) is 0 Å². The number of benzene rings is 2. The van der Waals surface area contributed by atoms with Crippen LogP contribution >= 0.6 is 11.3 Å². The maximum absolute atomic E-state index is 13.3. The van der Waals surface area contributed by atoms with Crippen LogP contribution in [-0.4, -0.2) is 49.6 Å². The molecule has 1 heterocycles. The van der Waals surface area contributed by atoms with E-state index in [4.69, 9.17) is 9.72 Å². The van der Waals surface area contributed by atoms with Crippen LogP contribution in [0.3, 0.4) is 0 Å². The number of hydrogen-bond donors (Lipinski definition) is 0. The summed E-state index contributed by atoms with van der Waals surface area (Å²) in [6.45, 7) is 8.05. The number of carbonyl (C=O) groups is 1. The monoisotopic (exact) mass is 397 g/mol. The van der Waals surface area contributed by atoms with Gasteiger partial charge in [-0.05, 0) is 76.3 Å². The number of aromatic nitrogens is 1. The fourth-order valence-corrected chi connectivity index (χ4v) is 4.12. The molecule has 0 fully saturated rings. The number of rotatable bonds is 7. The van der Waals surface area contributed by atoms with E-state index in [-0.39, 0.29) is 5.91 Å². The van der Waals surface area contributed by atoms with Gasteiger partial charge in [0, 0.05) is 18.7 Å². The van der Waals surface area contributed by atoms with E-state index in [2.05, 4.69) is 30.9 Å². The van der Waals surface area contributed by atoms with E-state index in [1.54, 1.807) is 16.2 Å². The molecule has 5 nitrogen and oxygen atoms in total. The van der Waals surface area contributed by atoms with Crippen molar-refractivity contribution in [3.05, 3.63) is 53.1 Å². The van der Waals surface area contributed by atoms with Crippen LogP contribution in [0, 0.1) is 13.8 Å². The van der Waals surface area contributed by atoms with E-state index in [9.17, 15) is 4.79 Å². The first-order valence-electron chi connectivity index (χ1n) is 9.46. The van der Waals surface area contributed by atoms with Crippen LogP contribution < -0.4 is 9.64 Å². The van der Waals surface area contributed by atoms with E-state index >= 15 is 0 Å². The van der Waals surface area contributed by atoms with E-state index in [1.807, 2.05) is 45.3 Å². The number of aryl methyl sites for hydroxylation is 2. The Bertz CT molecular complexity index is 964. The Morgan fingerprint density at radius 2 is 1.82 bits per heavy atom. The van der Waals surface area contributed by atoms with Gasteiger partial charge in [0.1, 0.15) is 5.75 Å². The summed E-state index contributed by atoms with van der Waals surface area (Å²) in [4.78, 5) is 21.9. The number of carbonyl (C=O) groups excluding carboxylic acids is 1. The largest absolute Gasteiger partial charge is 0.494 e. The van der Waals surface area contributed by atoms with E-state index in [0.29, 0.717) is 18.7 Å². The average molecular weight is 398 g/mol. The number of fused-ring (bicyclic) bond motifs is 1. The summed E-state index contributed by atoms with van der Waals surface area (Å²) in [5.41, 5.74) is 3.96. The van der Waals surface area contributed by atoms with Crippen LogP contribution in [0.25, 0.3) is 10.2 Å². The minimum absolute atomic E-state index is 0.0432. The van der Waals surface area contributed by atoms with Crippen molar-refractivity contribution in [1.82, 2.24) is 9.88 Å². The molecule has 0 atom stereocenters. The highest BCUT2D eigenvalue weighted by atomic mass is 32.1. The lowest BCUT2D eigenvalue weighted by Crippen LogP contribution is -2.36. The molecule has 0 spiro atoms. The van der Waals surface area contributed by atoms with Gasteiger partial charge in [0.2, 0.25) is 0 Å². The van der Waals surface area contributed by atoms with Crippen molar-refractivity contribution in [2.75, 3.05) is 38.7 Å². The van der Waals surface area contributed by atoms with E-state index in [0.717, 1.165) is 27.6 Å². The Morgan fingerprint density at radius 3 is 2.46 bits per heavy atom. The number of likely N-dealkylation sites (N-methyl/N-ethyl adjacent to an activating group) is 1. The van der Waals surface area contributed by atoms with Crippen molar-refractivity contribution in [1.29, 1.82) is 0 Å². The number of anilines is 1. The van der Waals surface area contributed by atoms with Crippen LogP contribution in [0.5, 0.6) is 5.75 Å². The fraction of sp³-hybridized carbons (Fsp3) is 0.364. The normalized spacial score (nSPS) is 11.2. The molecule has 1 aromatic heterocycles. The molecule has 0 saturated heterocycles. The first-order valence-corrected chi connectivity index (χ1v) is 10.3. The molecule has 1 amide bonds. The van der Waals surface area contributed by atoms with Crippen molar-refractivity contribution < 1.29 is 9.53 Å². The summed E-state index contributed by atoms with van der Waals surface area (Å²) < 4.78 is 6.62. The third-order valence-corrected chi connectivity index (χ3v) is 5.70. The average Bonchev–Trinajstić information content (AvgIpc) is 3.06. The Labute approximate surface area is 170 Å². The molecular weight excluding hydrogens is 370 g/mol. The lowest BCUT2D eigenvalue weighted by atomic mass is 10.1. The highest BCUT2D eigenvalue weighted by molar-refractivity contribution is 7.22. The van der Waals surface area contributed by atoms with Gasteiger partial charge in [-0.15, -0.1) is 0 Å². The summed E-state index contributed by atoms with van der Waals surface area (Å²) >= 11 is 1.58. The van der Waals surface area contributed by atoms with Crippen LogP contribution in [-0.2, 0) is 0 Å². The predicted molar refractivity (Wildman–Crippen MR) is 117 cm³/mol. The second kappa shape index (κ2) is 8.71. The van der Waals surface area contributed by atoms with Gasteiger partial charge < -0.3 is 9.64 Å². The van der Waals surface area contributed by atoms with E-state index < -0.39 is 0 Å². The Hall–Kier alpha value is -2.44. The van der Waals surface area contributed by atoms with Crippen molar-refractivity contribution >= 4 is 32.6 Å². The molecule has 3 aromatic rings. The molecule has 0 radical (unpaired) electrons. The number of hydrogen-bond acceptors (Lipinski definition) is 5. The van der Waals surface area contributed by atoms with Gasteiger partial charge in [-0.25, -0.2) is 4.98 Å². The maximum Gasteiger partial charge on any atom is 0.260 e. The first-order chi connectivity index (χ1) is 13.4.